The molecule has 0 aromatic heterocycles. The van der Waals surface area contributed by atoms with Crippen LogP contribution in [0.1, 0.15) is 5.56 Å². The summed E-state index contributed by atoms with van der Waals surface area (Å²) in [5.74, 6) is 0.700. The van der Waals surface area contributed by atoms with Crippen LogP contribution in [0.5, 0.6) is 5.75 Å². The van der Waals surface area contributed by atoms with E-state index in [1.807, 2.05) is 30.3 Å². The maximum absolute atomic E-state index is 8.44. The van der Waals surface area contributed by atoms with Gasteiger partial charge >= 0.3 is 0 Å². The highest BCUT2D eigenvalue weighted by Crippen LogP contribution is 2.12. The van der Waals surface area contributed by atoms with Gasteiger partial charge in [0, 0.05) is 27.3 Å². The van der Waals surface area contributed by atoms with Crippen molar-refractivity contribution in [3.63, 3.8) is 0 Å². The summed E-state index contributed by atoms with van der Waals surface area (Å²) in [5, 5.41) is 11.7. The van der Waals surface area contributed by atoms with Gasteiger partial charge in [-0.1, -0.05) is 12.1 Å². The normalized spacial score (nSPS) is 10.3. The van der Waals surface area contributed by atoms with E-state index < -0.39 is 0 Å². The first kappa shape index (κ1) is 14.5. The number of nitriles is 1. The Morgan fingerprint density at radius 1 is 1.33 bits per heavy atom. The number of nitrogens with zero attached hydrogens (tertiary/aromatic N) is 1. The van der Waals surface area contributed by atoms with Crippen molar-refractivity contribution in [3.05, 3.63) is 29.8 Å². The Morgan fingerprint density at radius 3 is 2.78 bits per heavy atom. The summed E-state index contributed by atoms with van der Waals surface area (Å²) in [6, 6.07) is 9.55. The molecule has 0 aliphatic rings. The Labute approximate surface area is 107 Å². The van der Waals surface area contributed by atoms with Crippen molar-refractivity contribution < 1.29 is 14.2 Å². The molecule has 0 spiro atoms. The third-order valence-electron chi connectivity index (χ3n) is 2.37. The second kappa shape index (κ2) is 8.48. The lowest BCUT2D eigenvalue weighted by molar-refractivity contribution is -0.0989. The predicted octanol–water partition coefficient (Wildman–Crippen LogP) is 1.30. The minimum absolute atomic E-state index is 0.0618. The fraction of sp³-hybridized carbons (Fsp3) is 0.462. The predicted molar refractivity (Wildman–Crippen MR) is 67.1 cm³/mol. The molecule has 0 aliphatic heterocycles. The van der Waals surface area contributed by atoms with E-state index in [1.54, 1.807) is 14.2 Å². The maximum Gasteiger partial charge on any atom is 0.174 e. The molecule has 0 fully saturated rings. The average molecular weight is 250 g/mol. The second-order valence-corrected chi connectivity index (χ2v) is 3.63. The molecule has 1 N–H and O–H groups in total. The van der Waals surface area contributed by atoms with Gasteiger partial charge in [-0.3, -0.25) is 0 Å². The molecule has 5 nitrogen and oxygen atoms in total. The standard InChI is InChI=1S/C13H18N2O3/c1-16-13(17-2)10-15-9-11-4-3-5-12(8-11)18-7-6-14/h3-5,8,13,15H,7,9-10H2,1-2H3. The van der Waals surface area contributed by atoms with Crippen LogP contribution in [0.2, 0.25) is 0 Å². The number of rotatable bonds is 8. The number of hydrogen-bond donors (Lipinski definition) is 1. The molecule has 5 heteroatoms. The highest BCUT2D eigenvalue weighted by molar-refractivity contribution is 5.28. The molecular formula is C13H18N2O3. The van der Waals surface area contributed by atoms with Crippen molar-refractivity contribution in [2.75, 3.05) is 27.4 Å². The molecule has 0 unspecified atom stereocenters. The third kappa shape index (κ3) is 5.15. The van der Waals surface area contributed by atoms with Gasteiger partial charge in [-0.15, -0.1) is 0 Å². The van der Waals surface area contributed by atoms with Crippen LogP contribution in [0.3, 0.4) is 0 Å². The fourth-order valence-corrected chi connectivity index (χ4v) is 1.46. The molecule has 0 bridgehead atoms. The smallest absolute Gasteiger partial charge is 0.174 e. The van der Waals surface area contributed by atoms with E-state index in [2.05, 4.69) is 5.32 Å². The molecule has 1 aromatic rings. The van der Waals surface area contributed by atoms with E-state index in [0.29, 0.717) is 18.8 Å². The Hall–Kier alpha value is -1.61. The van der Waals surface area contributed by atoms with Crippen LogP contribution >= 0.6 is 0 Å². The molecular weight excluding hydrogens is 232 g/mol. The van der Waals surface area contributed by atoms with Crippen LogP contribution in [0.4, 0.5) is 0 Å². The van der Waals surface area contributed by atoms with Crippen molar-refractivity contribution in [2.24, 2.45) is 0 Å². The van der Waals surface area contributed by atoms with Crippen molar-refractivity contribution >= 4 is 0 Å². The summed E-state index contributed by atoms with van der Waals surface area (Å²) < 4.78 is 15.4. The van der Waals surface area contributed by atoms with Gasteiger partial charge in [0.05, 0.1) is 0 Å². The van der Waals surface area contributed by atoms with E-state index >= 15 is 0 Å². The molecule has 0 amide bonds. The maximum atomic E-state index is 8.44. The Balaban J connectivity index is 2.40. The van der Waals surface area contributed by atoms with Gasteiger partial charge in [-0.05, 0) is 17.7 Å². The summed E-state index contributed by atoms with van der Waals surface area (Å²) in [7, 11) is 3.21. The van der Waals surface area contributed by atoms with Gasteiger partial charge in [0.15, 0.2) is 12.9 Å². The highest BCUT2D eigenvalue weighted by Gasteiger charge is 2.04. The van der Waals surface area contributed by atoms with Crippen molar-refractivity contribution in [2.45, 2.75) is 12.8 Å². The van der Waals surface area contributed by atoms with Crippen LogP contribution < -0.4 is 10.1 Å². The zero-order chi connectivity index (χ0) is 13.2. The van der Waals surface area contributed by atoms with Gasteiger partial charge in [0.2, 0.25) is 0 Å². The lowest BCUT2D eigenvalue weighted by Crippen LogP contribution is -2.29. The van der Waals surface area contributed by atoms with E-state index in [9.17, 15) is 0 Å². The second-order valence-electron chi connectivity index (χ2n) is 3.63. The van der Waals surface area contributed by atoms with E-state index in [-0.39, 0.29) is 12.9 Å². The fourth-order valence-electron chi connectivity index (χ4n) is 1.46. The summed E-state index contributed by atoms with van der Waals surface area (Å²) in [6.07, 6.45) is -0.247. The van der Waals surface area contributed by atoms with E-state index in [1.165, 1.54) is 0 Å². The van der Waals surface area contributed by atoms with Gasteiger partial charge < -0.3 is 19.5 Å². The molecule has 1 rings (SSSR count). The summed E-state index contributed by atoms with van der Waals surface area (Å²) >= 11 is 0. The van der Waals surface area contributed by atoms with E-state index in [0.717, 1.165) is 5.56 Å². The minimum atomic E-state index is -0.247. The summed E-state index contributed by atoms with van der Waals surface area (Å²) in [6.45, 7) is 1.36. The number of nitrogens with one attached hydrogen (secondary N) is 1. The number of methoxy groups -OCH3 is 2. The topological polar surface area (TPSA) is 63.5 Å². The Kier molecular flexibility index (Phi) is 6.81. The van der Waals surface area contributed by atoms with Crippen LogP contribution in [0.15, 0.2) is 24.3 Å². The molecule has 0 saturated heterocycles. The van der Waals surface area contributed by atoms with Gasteiger partial charge in [0.1, 0.15) is 11.8 Å². The SMILES string of the molecule is COC(CNCc1cccc(OCC#N)c1)OC. The zero-order valence-electron chi connectivity index (χ0n) is 10.7. The molecule has 0 atom stereocenters. The first-order valence-electron chi connectivity index (χ1n) is 5.65. The molecule has 0 saturated carbocycles. The molecule has 0 heterocycles. The average Bonchev–Trinajstić information content (AvgIpc) is 2.42. The first-order valence-corrected chi connectivity index (χ1v) is 5.65. The lowest BCUT2D eigenvalue weighted by Gasteiger charge is -2.14. The minimum Gasteiger partial charge on any atom is -0.479 e. The largest absolute Gasteiger partial charge is 0.479 e. The van der Waals surface area contributed by atoms with Crippen molar-refractivity contribution in [1.82, 2.24) is 5.32 Å². The van der Waals surface area contributed by atoms with Crippen LogP contribution in [0, 0.1) is 11.3 Å². The molecule has 98 valence electrons. The van der Waals surface area contributed by atoms with Crippen LogP contribution in [-0.2, 0) is 16.0 Å². The van der Waals surface area contributed by atoms with Crippen molar-refractivity contribution in [3.8, 4) is 11.8 Å². The molecule has 0 aliphatic carbocycles. The van der Waals surface area contributed by atoms with Gasteiger partial charge in [0.25, 0.3) is 0 Å². The monoisotopic (exact) mass is 250 g/mol. The number of hydrogen-bond acceptors (Lipinski definition) is 5. The van der Waals surface area contributed by atoms with Crippen LogP contribution in [-0.4, -0.2) is 33.7 Å². The molecule has 0 radical (unpaired) electrons. The van der Waals surface area contributed by atoms with E-state index in [4.69, 9.17) is 19.5 Å². The Morgan fingerprint density at radius 2 is 2.11 bits per heavy atom. The highest BCUT2D eigenvalue weighted by atomic mass is 16.7. The summed E-state index contributed by atoms with van der Waals surface area (Å²) in [5.41, 5.74) is 1.08. The Bertz CT molecular complexity index is 386. The lowest BCUT2D eigenvalue weighted by atomic mass is 10.2. The quantitative estimate of drug-likeness (QED) is 0.704. The first-order chi connectivity index (χ1) is 8.80. The van der Waals surface area contributed by atoms with Gasteiger partial charge in [-0.25, -0.2) is 0 Å². The number of ether oxygens (including phenoxy) is 3. The van der Waals surface area contributed by atoms with Crippen LogP contribution in [0.25, 0.3) is 0 Å². The number of benzene rings is 1. The van der Waals surface area contributed by atoms with Gasteiger partial charge in [-0.2, -0.15) is 5.26 Å². The molecule has 18 heavy (non-hydrogen) atoms. The van der Waals surface area contributed by atoms with Crippen molar-refractivity contribution in [1.29, 1.82) is 5.26 Å². The summed E-state index contributed by atoms with van der Waals surface area (Å²) in [4.78, 5) is 0. The molecule has 1 aromatic carbocycles. The zero-order valence-corrected chi connectivity index (χ0v) is 10.7. The third-order valence-corrected chi connectivity index (χ3v) is 2.37.